The van der Waals surface area contributed by atoms with Crippen molar-refractivity contribution in [3.05, 3.63) is 32.7 Å². The second kappa shape index (κ2) is 8.08. The van der Waals surface area contributed by atoms with Gasteiger partial charge in [-0.1, -0.05) is 20.3 Å². The fraction of sp³-hybridized carbons (Fsp3) is 0.412. The van der Waals surface area contributed by atoms with Gasteiger partial charge in [0.25, 0.3) is 5.56 Å². The molecule has 0 amide bonds. The second-order valence-corrected chi connectivity index (χ2v) is 5.66. The van der Waals surface area contributed by atoms with Crippen molar-refractivity contribution in [2.75, 3.05) is 0 Å². The van der Waals surface area contributed by atoms with Gasteiger partial charge >= 0.3 is 0 Å². The molecule has 2 rings (SSSR count). The van der Waals surface area contributed by atoms with Crippen LogP contribution < -0.4 is 5.56 Å². The number of rotatable bonds is 6. The standard InChI is InChI=1S/C17H19N7O2/c1-4-6-7-24-16(25)11(8-18)10(3)14(17(24)26)21-23-15-12(9-19)13(5-2)20-22-15/h25H,4-7H2,1-3H3,(H,20,22). The minimum atomic E-state index is -0.541. The molecule has 2 heterocycles. The van der Waals surface area contributed by atoms with Gasteiger partial charge in [-0.2, -0.15) is 15.6 Å². The summed E-state index contributed by atoms with van der Waals surface area (Å²) in [5.74, 6) is -0.289. The maximum absolute atomic E-state index is 12.7. The summed E-state index contributed by atoms with van der Waals surface area (Å²) in [5.41, 5.74) is 0.505. The molecule has 0 saturated heterocycles. The molecule has 9 heteroatoms. The highest BCUT2D eigenvalue weighted by Crippen LogP contribution is 2.27. The van der Waals surface area contributed by atoms with Crippen molar-refractivity contribution in [2.45, 2.75) is 46.6 Å². The number of hydrogen-bond acceptors (Lipinski definition) is 7. The molecule has 0 fully saturated rings. The van der Waals surface area contributed by atoms with E-state index in [-0.39, 0.29) is 40.6 Å². The van der Waals surface area contributed by atoms with Crippen LogP contribution in [0.3, 0.4) is 0 Å². The van der Waals surface area contributed by atoms with Crippen LogP contribution in [0.5, 0.6) is 5.88 Å². The number of aromatic amines is 1. The largest absolute Gasteiger partial charge is 0.493 e. The van der Waals surface area contributed by atoms with Crippen LogP contribution in [-0.4, -0.2) is 19.9 Å². The minimum Gasteiger partial charge on any atom is -0.493 e. The second-order valence-electron chi connectivity index (χ2n) is 5.66. The van der Waals surface area contributed by atoms with E-state index in [0.29, 0.717) is 18.5 Å². The molecule has 2 aromatic heterocycles. The number of nitriles is 2. The number of aromatic hydroxyl groups is 1. The van der Waals surface area contributed by atoms with E-state index >= 15 is 0 Å². The van der Waals surface area contributed by atoms with E-state index < -0.39 is 5.56 Å². The predicted molar refractivity (Wildman–Crippen MR) is 93.6 cm³/mol. The molecule has 0 aliphatic rings. The van der Waals surface area contributed by atoms with Gasteiger partial charge in [0.05, 0.1) is 5.69 Å². The number of azo groups is 1. The number of unbranched alkanes of at least 4 members (excludes halogenated alkanes) is 1. The maximum atomic E-state index is 12.7. The van der Waals surface area contributed by atoms with Gasteiger partial charge in [-0.25, -0.2) is 0 Å². The first kappa shape index (κ1) is 18.9. The number of hydrogen-bond donors (Lipinski definition) is 2. The van der Waals surface area contributed by atoms with E-state index in [2.05, 4.69) is 20.4 Å². The topological polar surface area (TPSA) is 143 Å². The molecule has 0 bridgehead atoms. The lowest BCUT2D eigenvalue weighted by Gasteiger charge is -2.12. The van der Waals surface area contributed by atoms with Gasteiger partial charge in [-0.05, 0) is 19.8 Å². The number of pyridine rings is 1. The monoisotopic (exact) mass is 353 g/mol. The van der Waals surface area contributed by atoms with E-state index in [1.54, 1.807) is 0 Å². The van der Waals surface area contributed by atoms with E-state index in [1.807, 2.05) is 26.0 Å². The van der Waals surface area contributed by atoms with Crippen molar-refractivity contribution in [2.24, 2.45) is 10.2 Å². The molecular formula is C17H19N7O2. The smallest absolute Gasteiger partial charge is 0.281 e. The Labute approximate surface area is 150 Å². The molecule has 0 saturated carbocycles. The fourth-order valence-electron chi connectivity index (χ4n) is 2.49. The molecule has 9 nitrogen and oxygen atoms in total. The zero-order valence-corrected chi connectivity index (χ0v) is 14.9. The van der Waals surface area contributed by atoms with Crippen molar-refractivity contribution >= 4 is 11.5 Å². The third-order valence-corrected chi connectivity index (χ3v) is 4.04. The first-order valence-corrected chi connectivity index (χ1v) is 8.25. The van der Waals surface area contributed by atoms with Crippen molar-refractivity contribution < 1.29 is 5.11 Å². The van der Waals surface area contributed by atoms with E-state index in [9.17, 15) is 20.4 Å². The van der Waals surface area contributed by atoms with Crippen LogP contribution in [0.25, 0.3) is 0 Å². The van der Waals surface area contributed by atoms with Crippen molar-refractivity contribution in [3.63, 3.8) is 0 Å². The Morgan fingerprint density at radius 2 is 1.92 bits per heavy atom. The molecule has 2 aromatic rings. The Bertz CT molecular complexity index is 986. The van der Waals surface area contributed by atoms with E-state index in [0.717, 1.165) is 11.0 Å². The first-order valence-electron chi connectivity index (χ1n) is 8.25. The van der Waals surface area contributed by atoms with Crippen molar-refractivity contribution in [1.82, 2.24) is 14.8 Å². The quantitative estimate of drug-likeness (QED) is 0.767. The van der Waals surface area contributed by atoms with Crippen molar-refractivity contribution in [1.29, 1.82) is 10.5 Å². The number of nitrogens with zero attached hydrogens (tertiary/aromatic N) is 6. The average Bonchev–Trinajstić information content (AvgIpc) is 3.04. The lowest BCUT2D eigenvalue weighted by Crippen LogP contribution is -2.22. The van der Waals surface area contributed by atoms with Crippen LogP contribution in [0, 0.1) is 29.6 Å². The molecule has 0 atom stereocenters. The summed E-state index contributed by atoms with van der Waals surface area (Å²) in [4.78, 5) is 12.7. The summed E-state index contributed by atoms with van der Waals surface area (Å²) in [5, 5.41) is 43.3. The van der Waals surface area contributed by atoms with Gasteiger partial charge < -0.3 is 5.11 Å². The van der Waals surface area contributed by atoms with Gasteiger partial charge in [0.2, 0.25) is 11.7 Å². The van der Waals surface area contributed by atoms with Crippen LogP contribution in [-0.2, 0) is 13.0 Å². The Kier molecular flexibility index (Phi) is 5.86. The fourth-order valence-corrected chi connectivity index (χ4v) is 2.49. The van der Waals surface area contributed by atoms with Gasteiger partial charge in [0.1, 0.15) is 23.3 Å². The number of nitrogens with one attached hydrogen (secondary N) is 1. The lowest BCUT2D eigenvalue weighted by atomic mass is 10.1. The minimum absolute atomic E-state index is 0.0218. The van der Waals surface area contributed by atoms with Gasteiger partial charge in [0, 0.05) is 12.1 Å². The maximum Gasteiger partial charge on any atom is 0.281 e. The SMILES string of the molecule is CCCCn1c(O)c(C#N)c(C)c(N=Nc2n[nH]c(CC)c2C#N)c1=O. The summed E-state index contributed by atoms with van der Waals surface area (Å²) >= 11 is 0. The summed E-state index contributed by atoms with van der Waals surface area (Å²) < 4.78 is 1.12. The summed E-state index contributed by atoms with van der Waals surface area (Å²) in [6.45, 7) is 5.61. The highest BCUT2D eigenvalue weighted by molar-refractivity contribution is 5.57. The Morgan fingerprint density at radius 3 is 2.50 bits per heavy atom. The van der Waals surface area contributed by atoms with Gasteiger partial charge in [-0.3, -0.25) is 14.5 Å². The molecule has 0 spiro atoms. The molecule has 26 heavy (non-hydrogen) atoms. The van der Waals surface area contributed by atoms with Gasteiger partial charge in [-0.15, -0.1) is 10.2 Å². The molecule has 0 radical (unpaired) electrons. The molecule has 0 unspecified atom stereocenters. The highest BCUT2D eigenvalue weighted by Gasteiger charge is 2.19. The van der Waals surface area contributed by atoms with Crippen LogP contribution >= 0.6 is 0 Å². The molecular weight excluding hydrogens is 334 g/mol. The third kappa shape index (κ3) is 3.33. The molecule has 0 aliphatic carbocycles. The zero-order chi connectivity index (χ0) is 19.3. The Hall–Kier alpha value is -3.46. The lowest BCUT2D eigenvalue weighted by molar-refractivity contribution is 0.399. The van der Waals surface area contributed by atoms with Crippen LogP contribution in [0.2, 0.25) is 0 Å². The van der Waals surface area contributed by atoms with Gasteiger partial charge in [0.15, 0.2) is 5.69 Å². The average molecular weight is 353 g/mol. The number of H-pyrrole nitrogens is 1. The van der Waals surface area contributed by atoms with E-state index in [4.69, 9.17) is 0 Å². The summed E-state index contributed by atoms with van der Waals surface area (Å²) in [6.07, 6.45) is 2.05. The number of aryl methyl sites for hydroxylation is 1. The van der Waals surface area contributed by atoms with E-state index in [1.165, 1.54) is 6.92 Å². The molecule has 0 aliphatic heterocycles. The van der Waals surface area contributed by atoms with Crippen LogP contribution in [0.15, 0.2) is 15.0 Å². The molecule has 134 valence electrons. The third-order valence-electron chi connectivity index (χ3n) is 4.04. The normalized spacial score (nSPS) is 10.8. The zero-order valence-electron chi connectivity index (χ0n) is 14.9. The summed E-state index contributed by atoms with van der Waals surface area (Å²) in [7, 11) is 0. The van der Waals surface area contributed by atoms with Crippen molar-refractivity contribution in [3.8, 4) is 18.0 Å². The number of aromatic nitrogens is 3. The summed E-state index contributed by atoms with van der Waals surface area (Å²) in [6, 6.07) is 3.90. The Morgan fingerprint density at radius 1 is 1.23 bits per heavy atom. The predicted octanol–water partition coefficient (Wildman–Crippen LogP) is 3.11. The van der Waals surface area contributed by atoms with Crippen LogP contribution in [0.4, 0.5) is 11.5 Å². The van der Waals surface area contributed by atoms with Crippen LogP contribution in [0.1, 0.15) is 49.1 Å². The first-order chi connectivity index (χ1) is 12.5. The molecule has 0 aromatic carbocycles. The molecule has 2 N–H and O–H groups in total. The Balaban J connectivity index is 2.60. The highest BCUT2D eigenvalue weighted by atomic mass is 16.3.